The van der Waals surface area contributed by atoms with Gasteiger partial charge < -0.3 is 5.32 Å². The van der Waals surface area contributed by atoms with E-state index < -0.39 is 0 Å². The van der Waals surface area contributed by atoms with Gasteiger partial charge >= 0.3 is 0 Å². The molecule has 2 aromatic rings. The van der Waals surface area contributed by atoms with Crippen molar-refractivity contribution >= 4 is 24.8 Å². The van der Waals surface area contributed by atoms with Crippen molar-refractivity contribution in [2.75, 3.05) is 13.1 Å². The highest BCUT2D eigenvalue weighted by molar-refractivity contribution is 5.85. The third-order valence-corrected chi connectivity index (χ3v) is 4.13. The van der Waals surface area contributed by atoms with Crippen LogP contribution in [-0.2, 0) is 13.1 Å². The topological polar surface area (TPSA) is 28.2 Å². The van der Waals surface area contributed by atoms with Crippen LogP contribution in [0.15, 0.2) is 54.7 Å². The quantitative estimate of drug-likeness (QED) is 0.888. The summed E-state index contributed by atoms with van der Waals surface area (Å²) >= 11 is 0. The van der Waals surface area contributed by atoms with Crippen molar-refractivity contribution in [1.29, 1.82) is 0 Å². The van der Waals surface area contributed by atoms with E-state index in [1.807, 2.05) is 18.3 Å². The minimum Gasteiger partial charge on any atom is -0.308 e. The molecule has 0 aliphatic carbocycles. The van der Waals surface area contributed by atoms with E-state index in [9.17, 15) is 0 Å². The monoisotopic (exact) mass is 353 g/mol. The van der Waals surface area contributed by atoms with Crippen LogP contribution in [-0.4, -0.2) is 29.0 Å². The number of pyridine rings is 1. The fourth-order valence-electron chi connectivity index (χ4n) is 2.89. The van der Waals surface area contributed by atoms with E-state index in [4.69, 9.17) is 0 Å². The molecule has 3 nitrogen and oxygen atoms in total. The first kappa shape index (κ1) is 19.9. The molecule has 1 aromatic heterocycles. The van der Waals surface area contributed by atoms with Gasteiger partial charge in [0.25, 0.3) is 0 Å². The summed E-state index contributed by atoms with van der Waals surface area (Å²) in [5, 5.41) is 3.63. The van der Waals surface area contributed by atoms with Gasteiger partial charge in [-0.2, -0.15) is 0 Å². The molecule has 1 aliphatic heterocycles. The Kier molecular flexibility index (Phi) is 9.19. The Morgan fingerprint density at radius 1 is 0.957 bits per heavy atom. The molecule has 1 saturated heterocycles. The molecule has 0 unspecified atom stereocenters. The SMILES string of the molecule is Cl.Cl.c1ccc(CN2CCC(NCc3ccccn3)CC2)cc1. The summed E-state index contributed by atoms with van der Waals surface area (Å²) in [6.07, 6.45) is 4.30. The van der Waals surface area contributed by atoms with Gasteiger partial charge in [-0.25, -0.2) is 0 Å². The first-order valence-electron chi connectivity index (χ1n) is 7.80. The summed E-state index contributed by atoms with van der Waals surface area (Å²) in [4.78, 5) is 6.91. The number of aromatic nitrogens is 1. The molecule has 23 heavy (non-hydrogen) atoms. The average Bonchev–Trinajstić information content (AvgIpc) is 2.56. The van der Waals surface area contributed by atoms with Gasteiger partial charge in [0, 0.05) is 25.3 Å². The van der Waals surface area contributed by atoms with Gasteiger partial charge in [0.05, 0.1) is 5.69 Å². The van der Waals surface area contributed by atoms with Crippen LogP contribution in [0, 0.1) is 0 Å². The second-order valence-corrected chi connectivity index (χ2v) is 5.74. The fraction of sp³-hybridized carbons (Fsp3) is 0.389. The highest BCUT2D eigenvalue weighted by atomic mass is 35.5. The first-order chi connectivity index (χ1) is 10.4. The molecule has 0 amide bonds. The largest absolute Gasteiger partial charge is 0.308 e. The summed E-state index contributed by atoms with van der Waals surface area (Å²) in [5.74, 6) is 0. The Morgan fingerprint density at radius 3 is 2.30 bits per heavy atom. The number of hydrogen-bond donors (Lipinski definition) is 1. The average molecular weight is 354 g/mol. The van der Waals surface area contributed by atoms with Crippen LogP contribution in [0.25, 0.3) is 0 Å². The number of nitrogens with one attached hydrogen (secondary N) is 1. The van der Waals surface area contributed by atoms with Crippen molar-refractivity contribution in [3.63, 3.8) is 0 Å². The van der Waals surface area contributed by atoms with E-state index in [1.165, 1.54) is 31.5 Å². The predicted octanol–water partition coefficient (Wildman–Crippen LogP) is 3.68. The molecule has 0 bridgehead atoms. The van der Waals surface area contributed by atoms with E-state index in [0.717, 1.165) is 18.8 Å². The smallest absolute Gasteiger partial charge is 0.0541 e. The van der Waals surface area contributed by atoms with E-state index in [2.05, 4.69) is 51.6 Å². The summed E-state index contributed by atoms with van der Waals surface area (Å²) in [6, 6.07) is 17.5. The zero-order valence-electron chi connectivity index (χ0n) is 13.2. The van der Waals surface area contributed by atoms with Crippen LogP contribution in [0.3, 0.4) is 0 Å². The Hall–Kier alpha value is -1.13. The summed E-state index contributed by atoms with van der Waals surface area (Å²) < 4.78 is 0. The zero-order valence-corrected chi connectivity index (χ0v) is 14.9. The van der Waals surface area contributed by atoms with E-state index in [-0.39, 0.29) is 24.8 Å². The van der Waals surface area contributed by atoms with E-state index in [0.29, 0.717) is 6.04 Å². The lowest BCUT2D eigenvalue weighted by molar-refractivity contribution is 0.190. The fourth-order valence-corrected chi connectivity index (χ4v) is 2.89. The number of benzene rings is 1. The number of piperidine rings is 1. The summed E-state index contributed by atoms with van der Waals surface area (Å²) in [6.45, 7) is 4.31. The molecule has 2 heterocycles. The molecule has 1 fully saturated rings. The predicted molar refractivity (Wildman–Crippen MR) is 100 cm³/mol. The lowest BCUT2D eigenvalue weighted by Gasteiger charge is -2.32. The van der Waals surface area contributed by atoms with Crippen LogP contribution in [0.1, 0.15) is 24.1 Å². The van der Waals surface area contributed by atoms with Crippen LogP contribution in [0.4, 0.5) is 0 Å². The Morgan fingerprint density at radius 2 is 1.65 bits per heavy atom. The van der Waals surface area contributed by atoms with Gasteiger partial charge in [-0.1, -0.05) is 36.4 Å². The molecule has 1 aromatic carbocycles. The van der Waals surface area contributed by atoms with Gasteiger partial charge in [-0.05, 0) is 43.6 Å². The zero-order chi connectivity index (χ0) is 14.3. The summed E-state index contributed by atoms with van der Waals surface area (Å²) in [5.41, 5.74) is 2.54. The van der Waals surface area contributed by atoms with Crippen molar-refractivity contribution in [3.8, 4) is 0 Å². The number of nitrogens with zero attached hydrogens (tertiary/aromatic N) is 2. The van der Waals surface area contributed by atoms with Gasteiger partial charge in [0.1, 0.15) is 0 Å². The normalized spacial score (nSPS) is 15.5. The Labute approximate surface area is 151 Å². The standard InChI is InChI=1S/C18H23N3.2ClH/c1-2-6-16(7-3-1)15-21-12-9-17(10-13-21)20-14-18-8-4-5-11-19-18;;/h1-8,11,17,20H,9-10,12-15H2;2*1H. The van der Waals surface area contributed by atoms with Crippen molar-refractivity contribution in [1.82, 2.24) is 15.2 Å². The van der Waals surface area contributed by atoms with Crippen molar-refractivity contribution in [2.45, 2.75) is 32.0 Å². The molecule has 1 N–H and O–H groups in total. The highest BCUT2D eigenvalue weighted by Crippen LogP contribution is 2.14. The van der Waals surface area contributed by atoms with Crippen LogP contribution < -0.4 is 5.32 Å². The molecule has 0 atom stereocenters. The van der Waals surface area contributed by atoms with Crippen LogP contribution >= 0.6 is 24.8 Å². The molecular formula is C18H25Cl2N3. The second-order valence-electron chi connectivity index (χ2n) is 5.74. The molecule has 0 radical (unpaired) electrons. The Bertz CT molecular complexity index is 528. The van der Waals surface area contributed by atoms with Gasteiger partial charge in [0.2, 0.25) is 0 Å². The lowest BCUT2D eigenvalue weighted by Crippen LogP contribution is -2.41. The van der Waals surface area contributed by atoms with E-state index in [1.54, 1.807) is 0 Å². The first-order valence-corrected chi connectivity index (χ1v) is 7.80. The number of halogens is 2. The van der Waals surface area contributed by atoms with Gasteiger partial charge in [-0.3, -0.25) is 9.88 Å². The third kappa shape index (κ3) is 6.48. The summed E-state index contributed by atoms with van der Waals surface area (Å²) in [7, 11) is 0. The number of hydrogen-bond acceptors (Lipinski definition) is 3. The van der Waals surface area contributed by atoms with Crippen LogP contribution in [0.5, 0.6) is 0 Å². The molecular weight excluding hydrogens is 329 g/mol. The second kappa shape index (κ2) is 10.6. The number of rotatable bonds is 5. The minimum atomic E-state index is 0. The molecule has 0 spiro atoms. The minimum absolute atomic E-state index is 0. The van der Waals surface area contributed by atoms with Gasteiger partial charge in [0.15, 0.2) is 0 Å². The molecule has 126 valence electrons. The maximum atomic E-state index is 4.36. The maximum Gasteiger partial charge on any atom is 0.0541 e. The van der Waals surface area contributed by atoms with Crippen molar-refractivity contribution in [2.24, 2.45) is 0 Å². The molecule has 3 rings (SSSR count). The van der Waals surface area contributed by atoms with Crippen molar-refractivity contribution in [3.05, 3.63) is 66.0 Å². The molecule has 0 saturated carbocycles. The molecule has 5 heteroatoms. The lowest BCUT2D eigenvalue weighted by atomic mass is 10.0. The van der Waals surface area contributed by atoms with Gasteiger partial charge in [-0.15, -0.1) is 24.8 Å². The molecule has 1 aliphatic rings. The van der Waals surface area contributed by atoms with Crippen molar-refractivity contribution < 1.29 is 0 Å². The third-order valence-electron chi connectivity index (χ3n) is 4.13. The van der Waals surface area contributed by atoms with Crippen LogP contribution in [0.2, 0.25) is 0 Å². The Balaban J connectivity index is 0.00000132. The number of likely N-dealkylation sites (tertiary alicyclic amines) is 1. The maximum absolute atomic E-state index is 4.36. The highest BCUT2D eigenvalue weighted by Gasteiger charge is 2.18. The van der Waals surface area contributed by atoms with E-state index >= 15 is 0 Å².